The number of imidazole rings is 1. The van der Waals surface area contributed by atoms with Crippen LogP contribution in [0.4, 0.5) is 5.69 Å². The zero-order valence-corrected chi connectivity index (χ0v) is 15.8. The third-order valence-corrected chi connectivity index (χ3v) is 4.90. The van der Waals surface area contributed by atoms with Crippen LogP contribution >= 0.6 is 0 Å². The highest BCUT2D eigenvalue weighted by Gasteiger charge is 2.27. The SMILES string of the molecule is Cc1cccn2cc(-c3cccc(NC(=O)[C@@H]4COc5ccccc5O4)c3)nc12. The number of hydrogen-bond donors (Lipinski definition) is 1. The maximum Gasteiger partial charge on any atom is 0.269 e. The number of carbonyl (C=O) groups is 1. The van der Waals surface area contributed by atoms with Crippen LogP contribution in [0.15, 0.2) is 73.1 Å². The summed E-state index contributed by atoms with van der Waals surface area (Å²) in [6, 6.07) is 19.0. The first kappa shape index (κ1) is 17.3. The van der Waals surface area contributed by atoms with Crippen molar-refractivity contribution in [2.24, 2.45) is 0 Å². The molecule has 1 aliphatic heterocycles. The molecule has 0 saturated heterocycles. The van der Waals surface area contributed by atoms with Gasteiger partial charge in [0.05, 0.1) is 5.69 Å². The van der Waals surface area contributed by atoms with Crippen LogP contribution in [0, 0.1) is 6.92 Å². The van der Waals surface area contributed by atoms with E-state index in [0.29, 0.717) is 17.2 Å². The molecule has 6 nitrogen and oxygen atoms in total. The van der Waals surface area contributed by atoms with Gasteiger partial charge in [-0.2, -0.15) is 0 Å². The molecule has 0 fully saturated rings. The van der Waals surface area contributed by atoms with Crippen LogP contribution in [-0.4, -0.2) is 28.0 Å². The van der Waals surface area contributed by atoms with Gasteiger partial charge in [0.15, 0.2) is 11.5 Å². The van der Waals surface area contributed by atoms with E-state index in [1.54, 1.807) is 6.07 Å². The number of amides is 1. The molecule has 5 rings (SSSR count). The minimum Gasteiger partial charge on any atom is -0.485 e. The van der Waals surface area contributed by atoms with Crippen molar-refractivity contribution < 1.29 is 14.3 Å². The average Bonchev–Trinajstić information content (AvgIpc) is 3.19. The van der Waals surface area contributed by atoms with Crippen molar-refractivity contribution in [2.45, 2.75) is 13.0 Å². The molecule has 0 aliphatic carbocycles. The lowest BCUT2D eigenvalue weighted by molar-refractivity contribution is -0.125. The number of ether oxygens (including phenoxy) is 2. The van der Waals surface area contributed by atoms with Crippen LogP contribution in [0.1, 0.15) is 5.56 Å². The van der Waals surface area contributed by atoms with E-state index >= 15 is 0 Å². The number of fused-ring (bicyclic) bond motifs is 2. The van der Waals surface area contributed by atoms with E-state index in [0.717, 1.165) is 22.5 Å². The van der Waals surface area contributed by atoms with Gasteiger partial charge in [-0.1, -0.05) is 30.3 Å². The molecule has 4 aromatic rings. The number of benzene rings is 2. The third kappa shape index (κ3) is 3.29. The van der Waals surface area contributed by atoms with Crippen LogP contribution in [0.3, 0.4) is 0 Å². The molecule has 0 bridgehead atoms. The predicted octanol–water partition coefficient (Wildman–Crippen LogP) is 4.09. The first-order valence-corrected chi connectivity index (χ1v) is 9.41. The van der Waals surface area contributed by atoms with Crippen molar-refractivity contribution in [3.05, 3.63) is 78.6 Å². The zero-order valence-electron chi connectivity index (χ0n) is 15.8. The Morgan fingerprint density at radius 1 is 1.10 bits per heavy atom. The molecule has 0 radical (unpaired) electrons. The number of aryl methyl sites for hydroxylation is 1. The predicted molar refractivity (Wildman–Crippen MR) is 110 cm³/mol. The second-order valence-electron chi connectivity index (χ2n) is 6.98. The normalized spacial score (nSPS) is 15.3. The summed E-state index contributed by atoms with van der Waals surface area (Å²) in [6.07, 6.45) is 3.26. The average molecular weight is 385 g/mol. The van der Waals surface area contributed by atoms with Crippen LogP contribution in [-0.2, 0) is 4.79 Å². The van der Waals surface area contributed by atoms with E-state index in [9.17, 15) is 4.79 Å². The maximum absolute atomic E-state index is 12.7. The summed E-state index contributed by atoms with van der Waals surface area (Å²) in [7, 11) is 0. The van der Waals surface area contributed by atoms with Gasteiger partial charge in [-0.3, -0.25) is 4.79 Å². The van der Waals surface area contributed by atoms with Gasteiger partial charge in [0.1, 0.15) is 12.3 Å². The summed E-state index contributed by atoms with van der Waals surface area (Å²) in [6.45, 7) is 2.21. The Balaban J connectivity index is 1.36. The Morgan fingerprint density at radius 2 is 1.97 bits per heavy atom. The number of nitrogens with zero attached hydrogens (tertiary/aromatic N) is 2. The Hall–Kier alpha value is -3.80. The molecule has 0 unspecified atom stereocenters. The molecular formula is C23H19N3O3. The third-order valence-electron chi connectivity index (χ3n) is 4.90. The molecule has 1 aliphatic rings. The largest absolute Gasteiger partial charge is 0.485 e. The molecule has 1 atom stereocenters. The number of hydrogen-bond acceptors (Lipinski definition) is 4. The van der Waals surface area contributed by atoms with Crippen molar-refractivity contribution in [3.63, 3.8) is 0 Å². The van der Waals surface area contributed by atoms with Gasteiger partial charge < -0.3 is 19.2 Å². The first-order valence-electron chi connectivity index (χ1n) is 9.41. The second-order valence-corrected chi connectivity index (χ2v) is 6.98. The van der Waals surface area contributed by atoms with Gasteiger partial charge in [0.25, 0.3) is 5.91 Å². The van der Waals surface area contributed by atoms with Crippen molar-refractivity contribution in [1.29, 1.82) is 0 Å². The standard InChI is InChI=1S/C23H19N3O3/c1-15-6-5-11-26-13-18(25-22(15)26)16-7-4-8-17(12-16)24-23(27)21-14-28-19-9-2-3-10-20(19)29-21/h2-13,21H,14H2,1H3,(H,24,27)/t21-/m0/s1. The highest BCUT2D eigenvalue weighted by Crippen LogP contribution is 2.31. The van der Waals surface area contributed by atoms with Crippen LogP contribution in [0.5, 0.6) is 11.5 Å². The molecule has 29 heavy (non-hydrogen) atoms. The number of rotatable bonds is 3. The Kier molecular flexibility index (Phi) is 4.17. The number of anilines is 1. The zero-order chi connectivity index (χ0) is 19.8. The van der Waals surface area contributed by atoms with Gasteiger partial charge in [0.2, 0.25) is 6.10 Å². The minimum absolute atomic E-state index is 0.175. The van der Waals surface area contributed by atoms with E-state index in [4.69, 9.17) is 14.5 Å². The summed E-state index contributed by atoms with van der Waals surface area (Å²) in [5.74, 6) is 0.982. The molecular weight excluding hydrogens is 366 g/mol. The van der Waals surface area contributed by atoms with E-state index < -0.39 is 6.10 Å². The monoisotopic (exact) mass is 385 g/mol. The van der Waals surface area contributed by atoms with E-state index in [1.807, 2.05) is 78.3 Å². The summed E-state index contributed by atoms with van der Waals surface area (Å²) >= 11 is 0. The number of aromatic nitrogens is 2. The quantitative estimate of drug-likeness (QED) is 0.577. The summed E-state index contributed by atoms with van der Waals surface area (Å²) in [5.41, 5.74) is 4.49. The molecule has 1 N–H and O–H groups in total. The topological polar surface area (TPSA) is 64.9 Å². The highest BCUT2D eigenvalue weighted by atomic mass is 16.6. The van der Waals surface area contributed by atoms with Crippen LogP contribution < -0.4 is 14.8 Å². The lowest BCUT2D eigenvalue weighted by atomic mass is 10.1. The molecule has 2 aromatic carbocycles. The number of carbonyl (C=O) groups excluding carboxylic acids is 1. The molecule has 0 spiro atoms. The number of para-hydroxylation sites is 2. The Labute approximate surface area is 167 Å². The lowest BCUT2D eigenvalue weighted by Gasteiger charge is -2.25. The fourth-order valence-corrected chi connectivity index (χ4v) is 3.42. The van der Waals surface area contributed by atoms with Gasteiger partial charge in [-0.05, 0) is 42.8 Å². The van der Waals surface area contributed by atoms with E-state index in [-0.39, 0.29) is 12.5 Å². The van der Waals surface area contributed by atoms with Crippen LogP contribution in [0.25, 0.3) is 16.9 Å². The van der Waals surface area contributed by atoms with Crippen molar-refractivity contribution in [3.8, 4) is 22.8 Å². The van der Waals surface area contributed by atoms with E-state index in [1.165, 1.54) is 0 Å². The van der Waals surface area contributed by atoms with Crippen molar-refractivity contribution >= 4 is 17.2 Å². The lowest BCUT2D eigenvalue weighted by Crippen LogP contribution is -2.40. The molecule has 3 heterocycles. The van der Waals surface area contributed by atoms with Gasteiger partial charge >= 0.3 is 0 Å². The van der Waals surface area contributed by atoms with Crippen molar-refractivity contribution in [1.82, 2.24) is 9.38 Å². The molecule has 0 saturated carbocycles. The smallest absolute Gasteiger partial charge is 0.269 e. The fourth-order valence-electron chi connectivity index (χ4n) is 3.42. The molecule has 2 aromatic heterocycles. The molecule has 144 valence electrons. The highest BCUT2D eigenvalue weighted by molar-refractivity contribution is 5.95. The molecule has 6 heteroatoms. The molecule has 1 amide bonds. The summed E-state index contributed by atoms with van der Waals surface area (Å²) < 4.78 is 13.4. The Morgan fingerprint density at radius 3 is 2.83 bits per heavy atom. The maximum atomic E-state index is 12.7. The Bertz CT molecular complexity index is 1210. The number of pyridine rings is 1. The first-order chi connectivity index (χ1) is 14.2. The number of nitrogens with one attached hydrogen (secondary N) is 1. The van der Waals surface area contributed by atoms with Crippen LogP contribution in [0.2, 0.25) is 0 Å². The van der Waals surface area contributed by atoms with Gasteiger partial charge in [0, 0.05) is 23.6 Å². The van der Waals surface area contributed by atoms with Gasteiger partial charge in [-0.15, -0.1) is 0 Å². The summed E-state index contributed by atoms with van der Waals surface area (Å²) in [5, 5.41) is 2.92. The van der Waals surface area contributed by atoms with E-state index in [2.05, 4.69) is 5.32 Å². The fraction of sp³-hybridized carbons (Fsp3) is 0.130. The minimum atomic E-state index is -0.702. The summed E-state index contributed by atoms with van der Waals surface area (Å²) in [4.78, 5) is 17.4. The van der Waals surface area contributed by atoms with Gasteiger partial charge in [-0.25, -0.2) is 4.98 Å². The second kappa shape index (κ2) is 6.98. The van der Waals surface area contributed by atoms with Crippen molar-refractivity contribution in [2.75, 3.05) is 11.9 Å².